The second kappa shape index (κ2) is 8.71. The van der Waals surface area contributed by atoms with Crippen LogP contribution in [0, 0.1) is 0 Å². The fourth-order valence-corrected chi connectivity index (χ4v) is 2.98. The van der Waals surface area contributed by atoms with E-state index in [1.54, 1.807) is 17.0 Å². The van der Waals surface area contributed by atoms with Crippen LogP contribution in [0.15, 0.2) is 12.1 Å². The highest BCUT2D eigenvalue weighted by Crippen LogP contribution is 2.34. The standard InChI is InChI=1S/C18H26N2O5/c1-12(22)5-4-8-25-17-10-15(19)14(9-16(17)24-2)18(23)20-7-3-6-13(20)11-21/h9-10,13,21H,3-8,11,19H2,1-2H3/t13-/m0/s1. The minimum Gasteiger partial charge on any atom is -0.493 e. The molecule has 7 nitrogen and oxygen atoms in total. The second-order valence-corrected chi connectivity index (χ2v) is 6.22. The summed E-state index contributed by atoms with van der Waals surface area (Å²) in [5, 5.41) is 9.41. The highest BCUT2D eigenvalue weighted by atomic mass is 16.5. The fraction of sp³-hybridized carbons (Fsp3) is 0.556. The van der Waals surface area contributed by atoms with Crippen LogP contribution >= 0.6 is 0 Å². The molecule has 1 aliphatic rings. The maximum absolute atomic E-state index is 12.8. The third-order valence-corrected chi connectivity index (χ3v) is 4.35. The molecule has 0 unspecified atom stereocenters. The molecule has 1 fully saturated rings. The van der Waals surface area contributed by atoms with Crippen molar-refractivity contribution >= 4 is 17.4 Å². The lowest BCUT2D eigenvalue weighted by atomic mass is 10.1. The number of benzene rings is 1. The SMILES string of the molecule is COc1cc(C(=O)N2CCC[C@H]2CO)c(N)cc1OCCCC(C)=O. The normalized spacial score (nSPS) is 16.8. The molecular formula is C18H26N2O5. The van der Waals surface area contributed by atoms with Crippen LogP contribution in [0.1, 0.15) is 43.0 Å². The summed E-state index contributed by atoms with van der Waals surface area (Å²) in [5.74, 6) is 0.760. The Kier molecular flexibility index (Phi) is 6.64. The maximum atomic E-state index is 12.8. The van der Waals surface area contributed by atoms with Crippen LogP contribution in [0.5, 0.6) is 11.5 Å². The number of nitrogens with zero attached hydrogens (tertiary/aromatic N) is 1. The number of anilines is 1. The van der Waals surface area contributed by atoms with E-state index in [4.69, 9.17) is 15.2 Å². The molecule has 0 aromatic heterocycles. The van der Waals surface area contributed by atoms with Crippen molar-refractivity contribution in [3.63, 3.8) is 0 Å². The number of Topliss-reactive ketones (excluding diaryl/α,β-unsaturated/α-hetero) is 1. The number of nitrogen functional groups attached to an aromatic ring is 1. The van der Waals surface area contributed by atoms with E-state index >= 15 is 0 Å². The third-order valence-electron chi connectivity index (χ3n) is 4.35. The first-order valence-corrected chi connectivity index (χ1v) is 8.49. The Morgan fingerprint density at radius 3 is 2.76 bits per heavy atom. The molecule has 0 aliphatic carbocycles. The van der Waals surface area contributed by atoms with Gasteiger partial charge in [-0.1, -0.05) is 0 Å². The Morgan fingerprint density at radius 2 is 2.12 bits per heavy atom. The van der Waals surface area contributed by atoms with Gasteiger partial charge in [0.05, 0.1) is 31.9 Å². The van der Waals surface area contributed by atoms with E-state index in [1.165, 1.54) is 14.0 Å². The fourth-order valence-electron chi connectivity index (χ4n) is 2.98. The number of methoxy groups -OCH3 is 1. The molecule has 0 spiro atoms. The number of hydrogen-bond acceptors (Lipinski definition) is 6. The maximum Gasteiger partial charge on any atom is 0.256 e. The lowest BCUT2D eigenvalue weighted by molar-refractivity contribution is -0.117. The first-order chi connectivity index (χ1) is 12.0. The molecule has 1 heterocycles. The van der Waals surface area contributed by atoms with Crippen molar-refractivity contribution in [2.75, 3.05) is 32.6 Å². The number of aliphatic hydroxyl groups is 1. The van der Waals surface area contributed by atoms with Gasteiger partial charge in [-0.15, -0.1) is 0 Å². The summed E-state index contributed by atoms with van der Waals surface area (Å²) in [6, 6.07) is 2.98. The summed E-state index contributed by atoms with van der Waals surface area (Å²) in [7, 11) is 1.49. The Balaban J connectivity index is 2.15. The zero-order chi connectivity index (χ0) is 18.4. The van der Waals surface area contributed by atoms with E-state index in [-0.39, 0.29) is 24.3 Å². The number of carbonyl (C=O) groups excluding carboxylic acids is 2. The van der Waals surface area contributed by atoms with Crippen LogP contribution in [-0.4, -0.2) is 54.6 Å². The summed E-state index contributed by atoms with van der Waals surface area (Å²) in [6.07, 6.45) is 2.71. The number of amides is 1. The average Bonchev–Trinajstić information content (AvgIpc) is 3.06. The van der Waals surface area contributed by atoms with Crippen molar-refractivity contribution in [2.24, 2.45) is 0 Å². The van der Waals surface area contributed by atoms with Gasteiger partial charge in [0.1, 0.15) is 5.78 Å². The van der Waals surface area contributed by atoms with Gasteiger partial charge < -0.3 is 30.0 Å². The zero-order valence-electron chi connectivity index (χ0n) is 14.8. The van der Waals surface area contributed by atoms with Crippen molar-refractivity contribution in [1.82, 2.24) is 4.90 Å². The number of nitrogens with two attached hydrogens (primary N) is 1. The summed E-state index contributed by atoms with van der Waals surface area (Å²) in [6.45, 7) is 2.45. The van der Waals surface area contributed by atoms with E-state index in [9.17, 15) is 14.7 Å². The number of rotatable bonds is 8. The topological polar surface area (TPSA) is 102 Å². The van der Waals surface area contributed by atoms with Gasteiger partial charge in [0.2, 0.25) is 0 Å². The minimum absolute atomic E-state index is 0.0554. The van der Waals surface area contributed by atoms with Gasteiger partial charge in [0, 0.05) is 24.7 Å². The van der Waals surface area contributed by atoms with Crippen LogP contribution in [0.25, 0.3) is 0 Å². The van der Waals surface area contributed by atoms with Gasteiger partial charge in [-0.25, -0.2) is 0 Å². The van der Waals surface area contributed by atoms with Crippen LogP contribution in [0.2, 0.25) is 0 Å². The molecule has 1 aliphatic heterocycles. The number of aliphatic hydroxyl groups excluding tert-OH is 1. The molecule has 1 saturated heterocycles. The predicted octanol–water partition coefficient (Wildman–Crippen LogP) is 1.62. The van der Waals surface area contributed by atoms with Crippen molar-refractivity contribution in [3.8, 4) is 11.5 Å². The number of likely N-dealkylation sites (tertiary alicyclic amines) is 1. The quantitative estimate of drug-likeness (QED) is 0.546. The van der Waals surface area contributed by atoms with Gasteiger partial charge in [0.15, 0.2) is 11.5 Å². The van der Waals surface area contributed by atoms with E-state index in [0.717, 1.165) is 12.8 Å². The Morgan fingerprint density at radius 1 is 1.36 bits per heavy atom. The molecule has 1 aromatic carbocycles. The molecule has 0 saturated carbocycles. The lowest BCUT2D eigenvalue weighted by Crippen LogP contribution is -2.38. The highest BCUT2D eigenvalue weighted by Gasteiger charge is 2.30. The van der Waals surface area contributed by atoms with E-state index < -0.39 is 0 Å². The van der Waals surface area contributed by atoms with E-state index in [2.05, 4.69) is 0 Å². The Hall–Kier alpha value is -2.28. The Bertz CT molecular complexity index is 632. The van der Waals surface area contributed by atoms with Gasteiger partial charge in [-0.3, -0.25) is 4.79 Å². The molecule has 1 atom stereocenters. The summed E-state index contributed by atoms with van der Waals surface area (Å²) in [4.78, 5) is 25.4. The molecule has 7 heteroatoms. The number of hydrogen-bond donors (Lipinski definition) is 2. The molecule has 1 aromatic rings. The van der Waals surface area contributed by atoms with Gasteiger partial charge in [-0.05, 0) is 32.3 Å². The van der Waals surface area contributed by atoms with Crippen molar-refractivity contribution in [3.05, 3.63) is 17.7 Å². The van der Waals surface area contributed by atoms with Gasteiger partial charge in [0.25, 0.3) is 5.91 Å². The second-order valence-electron chi connectivity index (χ2n) is 6.22. The predicted molar refractivity (Wildman–Crippen MR) is 94.0 cm³/mol. The van der Waals surface area contributed by atoms with Gasteiger partial charge >= 0.3 is 0 Å². The van der Waals surface area contributed by atoms with Crippen LogP contribution in [-0.2, 0) is 4.79 Å². The van der Waals surface area contributed by atoms with Crippen molar-refractivity contribution < 1.29 is 24.2 Å². The molecule has 25 heavy (non-hydrogen) atoms. The molecule has 138 valence electrons. The molecule has 3 N–H and O–H groups in total. The third kappa shape index (κ3) is 4.63. The minimum atomic E-state index is -0.213. The van der Waals surface area contributed by atoms with Gasteiger partial charge in [-0.2, -0.15) is 0 Å². The molecule has 0 bridgehead atoms. The zero-order valence-corrected chi connectivity index (χ0v) is 14.8. The van der Waals surface area contributed by atoms with Crippen LogP contribution < -0.4 is 15.2 Å². The highest BCUT2D eigenvalue weighted by molar-refractivity contribution is 6.00. The average molecular weight is 350 g/mol. The molecule has 1 amide bonds. The Labute approximate surface area is 147 Å². The summed E-state index contributed by atoms with van der Waals surface area (Å²) < 4.78 is 11.0. The first kappa shape index (κ1) is 19.1. The van der Waals surface area contributed by atoms with Crippen LogP contribution in [0.3, 0.4) is 0 Å². The molecular weight excluding hydrogens is 324 g/mol. The van der Waals surface area contributed by atoms with E-state index in [1.807, 2.05) is 0 Å². The van der Waals surface area contributed by atoms with Crippen molar-refractivity contribution in [2.45, 2.75) is 38.6 Å². The first-order valence-electron chi connectivity index (χ1n) is 8.49. The largest absolute Gasteiger partial charge is 0.493 e. The number of carbonyl (C=O) groups is 2. The lowest BCUT2D eigenvalue weighted by Gasteiger charge is -2.24. The summed E-state index contributed by atoms with van der Waals surface area (Å²) in [5.41, 5.74) is 6.70. The molecule has 2 rings (SSSR count). The van der Waals surface area contributed by atoms with Crippen molar-refractivity contribution in [1.29, 1.82) is 0 Å². The molecule has 0 radical (unpaired) electrons. The monoisotopic (exact) mass is 350 g/mol. The number of ketones is 1. The summed E-state index contributed by atoms with van der Waals surface area (Å²) >= 11 is 0. The number of ether oxygens (including phenoxy) is 2. The smallest absolute Gasteiger partial charge is 0.256 e. The van der Waals surface area contributed by atoms with E-state index in [0.29, 0.717) is 48.7 Å². The van der Waals surface area contributed by atoms with Crippen LogP contribution in [0.4, 0.5) is 5.69 Å².